The van der Waals surface area contributed by atoms with Gasteiger partial charge in [0.1, 0.15) is 17.0 Å². The molecule has 3 aromatic rings. The lowest BCUT2D eigenvalue weighted by Gasteiger charge is -2.02. The first-order valence-electron chi connectivity index (χ1n) is 7.76. The van der Waals surface area contributed by atoms with E-state index in [9.17, 15) is 4.79 Å². The van der Waals surface area contributed by atoms with E-state index in [2.05, 4.69) is 45.6 Å². The zero-order valence-corrected chi connectivity index (χ0v) is 14.1. The summed E-state index contributed by atoms with van der Waals surface area (Å²) in [5.74, 6) is 0.919. The van der Waals surface area contributed by atoms with Gasteiger partial charge < -0.3 is 4.42 Å². The molecule has 2 heterocycles. The highest BCUT2D eigenvalue weighted by Gasteiger charge is 2.15. The molecule has 24 heavy (non-hydrogen) atoms. The number of aryl methyl sites for hydroxylation is 3. The second kappa shape index (κ2) is 6.27. The third-order valence-electron chi connectivity index (χ3n) is 3.82. The van der Waals surface area contributed by atoms with E-state index in [4.69, 9.17) is 4.42 Å². The molecule has 0 fully saturated rings. The maximum atomic E-state index is 11.5. The lowest BCUT2D eigenvalue weighted by atomic mass is 10.0. The first-order valence-corrected chi connectivity index (χ1v) is 7.76. The van der Waals surface area contributed by atoms with Crippen LogP contribution in [0.5, 0.6) is 0 Å². The summed E-state index contributed by atoms with van der Waals surface area (Å²) in [6.07, 6.45) is 0.833. The van der Waals surface area contributed by atoms with E-state index in [1.165, 1.54) is 5.56 Å². The number of nitrogens with one attached hydrogen (secondary N) is 2. The molecular weight excluding hydrogens is 306 g/mol. The van der Waals surface area contributed by atoms with Crippen LogP contribution < -0.4 is 11.0 Å². The number of hydrogen-bond donors (Lipinski definition) is 2. The van der Waals surface area contributed by atoms with Gasteiger partial charge in [-0.05, 0) is 39.3 Å². The standard InChI is InChI=1S/C17H19N5O2/c1-5-12-13-8-9(2)6-7-14(13)24-15(12)10(3)19-21-17-18-16(23)11(4)20-22-17/h6-8H,5H2,1-4H3,(H2,18,21,22,23)/b19-10-. The van der Waals surface area contributed by atoms with Gasteiger partial charge in [-0.1, -0.05) is 18.6 Å². The molecule has 124 valence electrons. The van der Waals surface area contributed by atoms with Crippen LogP contribution in [-0.2, 0) is 6.42 Å². The van der Waals surface area contributed by atoms with Crippen molar-refractivity contribution in [3.8, 4) is 0 Å². The van der Waals surface area contributed by atoms with Crippen LogP contribution in [0.3, 0.4) is 0 Å². The summed E-state index contributed by atoms with van der Waals surface area (Å²) in [6, 6.07) is 6.11. The smallest absolute Gasteiger partial charge is 0.274 e. The van der Waals surface area contributed by atoms with Gasteiger partial charge in [-0.25, -0.2) is 5.43 Å². The van der Waals surface area contributed by atoms with Crippen LogP contribution in [0.1, 0.15) is 36.4 Å². The molecular formula is C17H19N5O2. The molecule has 0 atom stereocenters. The van der Waals surface area contributed by atoms with E-state index in [1.807, 2.05) is 19.1 Å². The average molecular weight is 325 g/mol. The molecule has 0 bridgehead atoms. The number of fused-ring (bicyclic) bond motifs is 1. The Bertz CT molecular complexity index is 984. The van der Waals surface area contributed by atoms with E-state index in [1.54, 1.807) is 6.92 Å². The largest absolute Gasteiger partial charge is 0.454 e. The van der Waals surface area contributed by atoms with Gasteiger partial charge in [0.15, 0.2) is 5.76 Å². The summed E-state index contributed by atoms with van der Waals surface area (Å²) in [7, 11) is 0. The Labute approximate surface area is 138 Å². The SMILES string of the molecule is CCc1c(/C(C)=N\Nc2nnc(C)c(=O)[nH]2)oc2ccc(C)cc12. The Balaban J connectivity index is 1.96. The van der Waals surface area contributed by atoms with Crippen molar-refractivity contribution in [2.75, 3.05) is 5.43 Å². The number of H-pyrrole nitrogens is 1. The summed E-state index contributed by atoms with van der Waals surface area (Å²) in [6.45, 7) is 7.57. The van der Waals surface area contributed by atoms with E-state index < -0.39 is 0 Å². The molecule has 7 heteroatoms. The molecule has 0 aliphatic rings. The predicted octanol–water partition coefficient (Wildman–Crippen LogP) is 2.93. The van der Waals surface area contributed by atoms with Gasteiger partial charge in [0, 0.05) is 10.9 Å². The summed E-state index contributed by atoms with van der Waals surface area (Å²) >= 11 is 0. The quantitative estimate of drug-likeness (QED) is 0.568. The Morgan fingerprint density at radius 1 is 1.33 bits per heavy atom. The number of nitrogens with zero attached hydrogens (tertiary/aromatic N) is 3. The zero-order chi connectivity index (χ0) is 17.3. The van der Waals surface area contributed by atoms with Crippen LogP contribution in [0.2, 0.25) is 0 Å². The molecule has 2 N–H and O–H groups in total. The molecule has 0 saturated carbocycles. The van der Waals surface area contributed by atoms with Gasteiger partial charge in [-0.15, -0.1) is 10.2 Å². The summed E-state index contributed by atoms with van der Waals surface area (Å²) in [4.78, 5) is 14.1. The van der Waals surface area contributed by atoms with Crippen LogP contribution in [0.25, 0.3) is 11.0 Å². The van der Waals surface area contributed by atoms with Crippen LogP contribution in [-0.4, -0.2) is 20.9 Å². The molecule has 1 aromatic carbocycles. The summed E-state index contributed by atoms with van der Waals surface area (Å²) in [5.41, 5.74) is 6.53. The van der Waals surface area contributed by atoms with Crippen LogP contribution in [0.15, 0.2) is 32.5 Å². The Kier molecular flexibility index (Phi) is 4.16. The molecule has 0 aliphatic heterocycles. The van der Waals surface area contributed by atoms with Crippen LogP contribution in [0, 0.1) is 13.8 Å². The second-order valence-electron chi connectivity index (χ2n) is 5.66. The predicted molar refractivity (Wildman–Crippen MR) is 93.6 cm³/mol. The minimum Gasteiger partial charge on any atom is -0.454 e. The van der Waals surface area contributed by atoms with Gasteiger partial charge in [0.2, 0.25) is 5.95 Å². The molecule has 0 radical (unpaired) electrons. The van der Waals surface area contributed by atoms with Crippen molar-refractivity contribution in [2.24, 2.45) is 5.10 Å². The number of aromatic amines is 1. The number of furan rings is 1. The minimum atomic E-state index is -0.297. The van der Waals surface area contributed by atoms with E-state index >= 15 is 0 Å². The normalized spacial score (nSPS) is 11.9. The zero-order valence-electron chi connectivity index (χ0n) is 14.1. The topological polar surface area (TPSA) is 96.2 Å². The third kappa shape index (κ3) is 2.92. The first kappa shape index (κ1) is 15.9. The minimum absolute atomic E-state index is 0.190. The first-order chi connectivity index (χ1) is 11.5. The lowest BCUT2D eigenvalue weighted by Crippen LogP contribution is -2.16. The maximum absolute atomic E-state index is 11.5. The maximum Gasteiger partial charge on any atom is 0.274 e. The van der Waals surface area contributed by atoms with Crippen molar-refractivity contribution in [2.45, 2.75) is 34.1 Å². The molecule has 2 aromatic heterocycles. The number of aromatic nitrogens is 3. The van der Waals surface area contributed by atoms with Crippen molar-refractivity contribution in [1.82, 2.24) is 15.2 Å². The fourth-order valence-corrected chi connectivity index (χ4v) is 2.54. The summed E-state index contributed by atoms with van der Waals surface area (Å²) in [5, 5.41) is 13.0. The van der Waals surface area contributed by atoms with Crippen molar-refractivity contribution in [3.05, 3.63) is 51.1 Å². The van der Waals surface area contributed by atoms with Crippen molar-refractivity contribution in [1.29, 1.82) is 0 Å². The van der Waals surface area contributed by atoms with E-state index in [0.29, 0.717) is 11.4 Å². The van der Waals surface area contributed by atoms with Crippen molar-refractivity contribution < 1.29 is 4.42 Å². The summed E-state index contributed by atoms with van der Waals surface area (Å²) < 4.78 is 5.96. The van der Waals surface area contributed by atoms with Crippen molar-refractivity contribution >= 4 is 22.6 Å². The monoisotopic (exact) mass is 325 g/mol. The van der Waals surface area contributed by atoms with Gasteiger partial charge >= 0.3 is 0 Å². The van der Waals surface area contributed by atoms with Gasteiger partial charge in [0.25, 0.3) is 5.56 Å². The number of hydrogen-bond acceptors (Lipinski definition) is 6. The Hall–Kier alpha value is -2.96. The Morgan fingerprint density at radius 3 is 2.83 bits per heavy atom. The molecule has 0 aliphatic carbocycles. The fraction of sp³-hybridized carbons (Fsp3) is 0.294. The molecule has 0 unspecified atom stereocenters. The number of hydrazone groups is 1. The average Bonchev–Trinajstić information content (AvgIpc) is 2.93. The lowest BCUT2D eigenvalue weighted by molar-refractivity contribution is 0.599. The second-order valence-corrected chi connectivity index (χ2v) is 5.66. The highest BCUT2D eigenvalue weighted by molar-refractivity contribution is 6.02. The molecule has 0 saturated heterocycles. The van der Waals surface area contributed by atoms with Crippen LogP contribution in [0.4, 0.5) is 5.95 Å². The van der Waals surface area contributed by atoms with E-state index in [0.717, 1.165) is 28.7 Å². The third-order valence-corrected chi connectivity index (χ3v) is 3.82. The van der Waals surface area contributed by atoms with E-state index in [-0.39, 0.29) is 11.5 Å². The number of benzene rings is 1. The molecule has 3 rings (SSSR count). The van der Waals surface area contributed by atoms with Crippen molar-refractivity contribution in [3.63, 3.8) is 0 Å². The van der Waals surface area contributed by atoms with Gasteiger partial charge in [-0.3, -0.25) is 9.78 Å². The highest BCUT2D eigenvalue weighted by atomic mass is 16.3. The molecule has 0 spiro atoms. The highest BCUT2D eigenvalue weighted by Crippen LogP contribution is 2.28. The number of anilines is 1. The fourth-order valence-electron chi connectivity index (χ4n) is 2.54. The molecule has 0 amide bonds. The van der Waals surface area contributed by atoms with Gasteiger partial charge in [0.05, 0.1) is 0 Å². The molecule has 7 nitrogen and oxygen atoms in total. The Morgan fingerprint density at radius 2 is 2.12 bits per heavy atom. The van der Waals surface area contributed by atoms with Crippen LogP contribution >= 0.6 is 0 Å². The number of rotatable bonds is 4. The van der Waals surface area contributed by atoms with Gasteiger partial charge in [-0.2, -0.15) is 5.10 Å².